The maximum Gasteiger partial charge on any atom is -0.0216 e. The molecule has 0 radical (unpaired) electrons. The van der Waals surface area contributed by atoms with Gasteiger partial charge < -0.3 is 0 Å². The Balaban J connectivity index is 2.48. The largest absolute Gasteiger partial charge is 0.0617 e. The summed E-state index contributed by atoms with van der Waals surface area (Å²) in [5, 5.41) is 0. The molecule has 1 aromatic carbocycles. The van der Waals surface area contributed by atoms with Crippen molar-refractivity contribution in [2.24, 2.45) is 0 Å². The predicted octanol–water partition coefficient (Wildman–Crippen LogP) is 2.91. The Morgan fingerprint density at radius 3 is 2.45 bits per heavy atom. The van der Waals surface area contributed by atoms with Crippen molar-refractivity contribution in [1.82, 2.24) is 0 Å². The quantitative estimate of drug-likeness (QED) is 0.571. The lowest BCUT2D eigenvalue weighted by Gasteiger charge is -2.24. The number of hydrogen-bond acceptors (Lipinski definition) is 0. The van der Waals surface area contributed by atoms with Gasteiger partial charge in [-0.25, -0.2) is 0 Å². The molecule has 0 bridgehead atoms. The number of rotatable bonds is 1. The molecular formula is C11H14. The molecular weight excluding hydrogens is 132 g/mol. The van der Waals surface area contributed by atoms with Crippen LogP contribution in [0.25, 0.3) is 0 Å². The molecule has 0 aliphatic heterocycles. The lowest BCUT2D eigenvalue weighted by Crippen LogP contribution is -2.12. The monoisotopic (exact) mass is 146 g/mol. The molecule has 0 fully saturated rings. The molecule has 2 rings (SSSR count). The second-order valence-electron chi connectivity index (χ2n) is 3.64. The highest BCUT2D eigenvalue weighted by Crippen LogP contribution is 2.30. The Labute approximate surface area is 68.3 Å². The van der Waals surface area contributed by atoms with Crippen LogP contribution < -0.4 is 0 Å². The third kappa shape index (κ3) is 0.973. The standard InChI is InChI=1S/C11H14/c1-8(2)10-5-3-4-9-6-7-11(9)10/h3-5,8H,6-7H2,1-2H3. The van der Waals surface area contributed by atoms with Crippen molar-refractivity contribution < 1.29 is 0 Å². The number of hydrogen-bond donors (Lipinski definition) is 0. The SMILES string of the molecule is CC(C)c1cccc2c1CC2. The molecule has 0 atom stereocenters. The molecule has 11 heavy (non-hydrogen) atoms. The van der Waals surface area contributed by atoms with Crippen LogP contribution in [0.15, 0.2) is 18.2 Å². The van der Waals surface area contributed by atoms with E-state index in [2.05, 4.69) is 32.0 Å². The minimum absolute atomic E-state index is 0.699. The molecule has 0 nitrogen and oxygen atoms in total. The van der Waals surface area contributed by atoms with E-state index in [1.807, 2.05) is 0 Å². The number of fused-ring (bicyclic) bond motifs is 1. The molecule has 0 saturated heterocycles. The van der Waals surface area contributed by atoms with Crippen molar-refractivity contribution in [2.45, 2.75) is 32.6 Å². The first kappa shape index (κ1) is 6.90. The van der Waals surface area contributed by atoms with Crippen molar-refractivity contribution in [2.75, 3.05) is 0 Å². The molecule has 0 aromatic heterocycles. The van der Waals surface area contributed by atoms with E-state index in [-0.39, 0.29) is 0 Å². The van der Waals surface area contributed by atoms with Gasteiger partial charge in [-0.3, -0.25) is 0 Å². The summed E-state index contributed by atoms with van der Waals surface area (Å²) >= 11 is 0. The molecule has 0 spiro atoms. The number of benzene rings is 1. The molecule has 0 heterocycles. The first-order valence-corrected chi connectivity index (χ1v) is 4.39. The van der Waals surface area contributed by atoms with Gasteiger partial charge in [-0.05, 0) is 35.4 Å². The summed E-state index contributed by atoms with van der Waals surface area (Å²) in [6.07, 6.45) is 2.61. The van der Waals surface area contributed by atoms with Gasteiger partial charge in [0, 0.05) is 0 Å². The van der Waals surface area contributed by atoms with Crippen molar-refractivity contribution in [1.29, 1.82) is 0 Å². The summed E-state index contributed by atoms with van der Waals surface area (Å²) < 4.78 is 0. The van der Waals surface area contributed by atoms with E-state index in [4.69, 9.17) is 0 Å². The molecule has 0 heteroatoms. The number of aryl methyl sites for hydroxylation is 1. The van der Waals surface area contributed by atoms with Gasteiger partial charge in [-0.2, -0.15) is 0 Å². The third-order valence-electron chi connectivity index (χ3n) is 2.58. The lowest BCUT2D eigenvalue weighted by atomic mass is 9.81. The molecule has 0 amide bonds. The average molecular weight is 146 g/mol. The van der Waals surface area contributed by atoms with Gasteiger partial charge in [0.1, 0.15) is 0 Å². The first-order chi connectivity index (χ1) is 5.29. The Hall–Kier alpha value is -0.780. The van der Waals surface area contributed by atoms with Crippen LogP contribution >= 0.6 is 0 Å². The van der Waals surface area contributed by atoms with Crippen LogP contribution in [0.4, 0.5) is 0 Å². The van der Waals surface area contributed by atoms with Crippen LogP contribution in [0.2, 0.25) is 0 Å². The van der Waals surface area contributed by atoms with Crippen LogP contribution in [-0.4, -0.2) is 0 Å². The van der Waals surface area contributed by atoms with E-state index < -0.39 is 0 Å². The Kier molecular flexibility index (Phi) is 1.49. The highest BCUT2D eigenvalue weighted by Gasteiger charge is 2.17. The Bertz CT molecular complexity index is 271. The summed E-state index contributed by atoms with van der Waals surface area (Å²) in [4.78, 5) is 0. The molecule has 0 saturated carbocycles. The third-order valence-corrected chi connectivity index (χ3v) is 2.58. The zero-order valence-corrected chi connectivity index (χ0v) is 7.22. The van der Waals surface area contributed by atoms with Crippen molar-refractivity contribution in [3.63, 3.8) is 0 Å². The highest BCUT2D eigenvalue weighted by atomic mass is 14.2. The van der Waals surface area contributed by atoms with Crippen LogP contribution in [0.5, 0.6) is 0 Å². The van der Waals surface area contributed by atoms with Gasteiger partial charge in [0.05, 0.1) is 0 Å². The van der Waals surface area contributed by atoms with E-state index >= 15 is 0 Å². The second kappa shape index (κ2) is 2.37. The van der Waals surface area contributed by atoms with E-state index in [9.17, 15) is 0 Å². The normalized spacial score (nSPS) is 14.5. The van der Waals surface area contributed by atoms with Crippen LogP contribution in [0.3, 0.4) is 0 Å². The first-order valence-electron chi connectivity index (χ1n) is 4.39. The van der Waals surface area contributed by atoms with Crippen molar-refractivity contribution in [3.8, 4) is 0 Å². The summed E-state index contributed by atoms with van der Waals surface area (Å²) in [5.41, 5.74) is 4.77. The smallest absolute Gasteiger partial charge is 0.0216 e. The highest BCUT2D eigenvalue weighted by molar-refractivity contribution is 5.43. The molecule has 0 unspecified atom stereocenters. The molecule has 58 valence electrons. The zero-order valence-electron chi connectivity index (χ0n) is 7.22. The summed E-state index contributed by atoms with van der Waals surface area (Å²) in [5.74, 6) is 0.699. The zero-order chi connectivity index (χ0) is 7.84. The van der Waals surface area contributed by atoms with E-state index in [0.717, 1.165) is 0 Å². The van der Waals surface area contributed by atoms with Gasteiger partial charge in [0.2, 0.25) is 0 Å². The maximum absolute atomic E-state index is 2.27. The molecule has 0 N–H and O–H groups in total. The van der Waals surface area contributed by atoms with Gasteiger partial charge in [-0.1, -0.05) is 32.0 Å². The van der Waals surface area contributed by atoms with Crippen molar-refractivity contribution in [3.05, 3.63) is 34.9 Å². The molecule has 1 aromatic rings. The summed E-state index contributed by atoms with van der Waals surface area (Å²) in [7, 11) is 0. The predicted molar refractivity (Wildman–Crippen MR) is 47.9 cm³/mol. The fourth-order valence-electron chi connectivity index (χ4n) is 1.82. The van der Waals surface area contributed by atoms with E-state index in [1.54, 1.807) is 16.7 Å². The minimum Gasteiger partial charge on any atom is -0.0617 e. The Morgan fingerprint density at radius 1 is 1.18 bits per heavy atom. The lowest BCUT2D eigenvalue weighted by molar-refractivity contribution is 0.767. The van der Waals surface area contributed by atoms with Gasteiger partial charge in [0.15, 0.2) is 0 Å². The second-order valence-corrected chi connectivity index (χ2v) is 3.64. The van der Waals surface area contributed by atoms with E-state index in [0.29, 0.717) is 5.92 Å². The van der Waals surface area contributed by atoms with Crippen LogP contribution in [0, 0.1) is 0 Å². The fraction of sp³-hybridized carbons (Fsp3) is 0.455. The fourth-order valence-corrected chi connectivity index (χ4v) is 1.82. The Morgan fingerprint density at radius 2 is 2.00 bits per heavy atom. The van der Waals surface area contributed by atoms with Crippen LogP contribution in [0.1, 0.15) is 36.5 Å². The summed E-state index contributed by atoms with van der Waals surface area (Å²) in [6.45, 7) is 4.54. The molecule has 1 aliphatic rings. The van der Waals surface area contributed by atoms with Gasteiger partial charge in [0.25, 0.3) is 0 Å². The maximum atomic E-state index is 2.27. The minimum atomic E-state index is 0.699. The molecule has 1 aliphatic carbocycles. The average Bonchev–Trinajstić information content (AvgIpc) is 1.90. The van der Waals surface area contributed by atoms with Crippen LogP contribution in [-0.2, 0) is 12.8 Å². The summed E-state index contributed by atoms with van der Waals surface area (Å²) in [6, 6.07) is 6.71. The van der Waals surface area contributed by atoms with Gasteiger partial charge >= 0.3 is 0 Å². The topological polar surface area (TPSA) is 0 Å². The van der Waals surface area contributed by atoms with Gasteiger partial charge in [-0.15, -0.1) is 0 Å². The van der Waals surface area contributed by atoms with E-state index in [1.165, 1.54) is 12.8 Å². The van der Waals surface area contributed by atoms with Crippen molar-refractivity contribution >= 4 is 0 Å².